The van der Waals surface area contributed by atoms with Gasteiger partial charge in [-0.25, -0.2) is 9.79 Å². The molecule has 3 aromatic rings. The van der Waals surface area contributed by atoms with Crippen molar-refractivity contribution >= 4 is 45.0 Å². The molecule has 0 fully saturated rings. The first kappa shape index (κ1) is 28.2. The molecule has 39 heavy (non-hydrogen) atoms. The summed E-state index contributed by atoms with van der Waals surface area (Å²) in [6, 6.07) is 9.39. The summed E-state index contributed by atoms with van der Waals surface area (Å²) < 4.78 is 18.5. The molecule has 2 aromatic carbocycles. The maximum absolute atomic E-state index is 13.8. The van der Waals surface area contributed by atoms with Gasteiger partial charge < -0.3 is 14.2 Å². The Morgan fingerprint density at radius 1 is 1.15 bits per heavy atom. The van der Waals surface area contributed by atoms with Crippen LogP contribution in [0.5, 0.6) is 11.5 Å². The SMILES string of the molecule is CCOC(=O)C1=C(C)N=c2s/c(=C\c3cc(Br)c(OCC)c([N+](=O)[O-])c3)c(=O)n2[C@@H]1c1ccc(OCC)cc1. The van der Waals surface area contributed by atoms with E-state index >= 15 is 0 Å². The Balaban J connectivity index is 1.92. The molecule has 0 aliphatic carbocycles. The van der Waals surface area contributed by atoms with E-state index in [4.69, 9.17) is 14.2 Å². The summed E-state index contributed by atoms with van der Waals surface area (Å²) in [5.74, 6) is 0.221. The van der Waals surface area contributed by atoms with Crippen LogP contribution >= 0.6 is 27.3 Å². The van der Waals surface area contributed by atoms with Crippen LogP contribution in [0.3, 0.4) is 0 Å². The fourth-order valence-electron chi connectivity index (χ4n) is 4.28. The standard InChI is InChI=1S/C27H26BrN3O7S/c1-5-36-18-10-8-17(9-11-18)23-22(26(33)38-7-3)15(4)29-27-30(23)25(32)21(39-27)14-16-12-19(28)24(37-6-2)20(13-16)31(34)35/h8-14,23H,5-7H2,1-4H3/b21-14-/t23-/m1/s1. The molecule has 0 spiro atoms. The average molecular weight is 616 g/mol. The summed E-state index contributed by atoms with van der Waals surface area (Å²) in [4.78, 5) is 42.9. The summed E-state index contributed by atoms with van der Waals surface area (Å²) in [6.07, 6.45) is 1.57. The largest absolute Gasteiger partial charge is 0.494 e. The third-order valence-electron chi connectivity index (χ3n) is 5.85. The van der Waals surface area contributed by atoms with Gasteiger partial charge in [-0.1, -0.05) is 23.5 Å². The fourth-order valence-corrected chi connectivity index (χ4v) is 5.91. The van der Waals surface area contributed by atoms with Crippen molar-refractivity contribution in [3.05, 3.63) is 93.1 Å². The van der Waals surface area contributed by atoms with E-state index in [0.717, 1.165) is 11.3 Å². The third-order valence-corrected chi connectivity index (χ3v) is 7.43. The number of fused-ring (bicyclic) bond motifs is 1. The Morgan fingerprint density at radius 2 is 1.85 bits per heavy atom. The molecule has 0 amide bonds. The van der Waals surface area contributed by atoms with Crippen molar-refractivity contribution in [2.75, 3.05) is 19.8 Å². The second-order valence-electron chi connectivity index (χ2n) is 8.35. The van der Waals surface area contributed by atoms with E-state index in [1.807, 2.05) is 6.92 Å². The quantitative estimate of drug-likeness (QED) is 0.200. The van der Waals surface area contributed by atoms with Crippen LogP contribution in [-0.4, -0.2) is 35.3 Å². The van der Waals surface area contributed by atoms with Crippen molar-refractivity contribution in [2.45, 2.75) is 33.7 Å². The molecule has 12 heteroatoms. The molecule has 0 N–H and O–H groups in total. The summed E-state index contributed by atoms with van der Waals surface area (Å²) in [6.45, 7) is 7.96. The molecular weight excluding hydrogens is 590 g/mol. The minimum Gasteiger partial charge on any atom is -0.494 e. The highest BCUT2D eigenvalue weighted by Crippen LogP contribution is 2.37. The highest BCUT2D eigenvalue weighted by Gasteiger charge is 2.33. The lowest BCUT2D eigenvalue weighted by molar-refractivity contribution is -0.385. The Labute approximate surface area is 236 Å². The maximum Gasteiger partial charge on any atom is 0.338 e. The first-order chi connectivity index (χ1) is 18.7. The van der Waals surface area contributed by atoms with Gasteiger partial charge in [0.1, 0.15) is 5.75 Å². The number of esters is 1. The van der Waals surface area contributed by atoms with Gasteiger partial charge >= 0.3 is 11.7 Å². The van der Waals surface area contributed by atoms with E-state index in [2.05, 4.69) is 20.9 Å². The number of thiazole rings is 1. The normalized spacial score (nSPS) is 15.0. The summed E-state index contributed by atoms with van der Waals surface area (Å²) in [5, 5.41) is 11.7. The maximum atomic E-state index is 13.8. The summed E-state index contributed by atoms with van der Waals surface area (Å²) in [5.41, 5.74) is 1.21. The summed E-state index contributed by atoms with van der Waals surface area (Å²) in [7, 11) is 0. The molecule has 10 nitrogen and oxygen atoms in total. The van der Waals surface area contributed by atoms with Crippen LogP contribution in [0.4, 0.5) is 5.69 Å². The van der Waals surface area contributed by atoms with Gasteiger partial charge in [0, 0.05) is 6.07 Å². The predicted molar refractivity (Wildman–Crippen MR) is 150 cm³/mol. The highest BCUT2D eigenvalue weighted by molar-refractivity contribution is 9.10. The number of halogens is 1. The van der Waals surface area contributed by atoms with Gasteiger partial charge in [0.05, 0.1) is 51.1 Å². The number of hydrogen-bond acceptors (Lipinski definition) is 9. The van der Waals surface area contributed by atoms with Crippen LogP contribution in [-0.2, 0) is 9.53 Å². The molecule has 1 aliphatic rings. The molecule has 204 valence electrons. The number of benzene rings is 2. The van der Waals surface area contributed by atoms with E-state index in [-0.39, 0.29) is 35.8 Å². The van der Waals surface area contributed by atoms with Crippen molar-refractivity contribution in [1.29, 1.82) is 0 Å². The molecule has 2 heterocycles. The van der Waals surface area contributed by atoms with Gasteiger partial charge in [0.25, 0.3) is 5.56 Å². The van der Waals surface area contributed by atoms with Crippen LogP contribution in [0.25, 0.3) is 6.08 Å². The van der Waals surface area contributed by atoms with Crippen LogP contribution < -0.4 is 24.4 Å². The molecule has 0 saturated carbocycles. The van der Waals surface area contributed by atoms with Gasteiger partial charge in [0.2, 0.25) is 5.75 Å². The Kier molecular flexibility index (Phi) is 8.66. The zero-order valence-corrected chi connectivity index (χ0v) is 24.1. The number of nitro groups is 1. The second kappa shape index (κ2) is 12.0. The third kappa shape index (κ3) is 5.66. The van der Waals surface area contributed by atoms with Crippen molar-refractivity contribution in [1.82, 2.24) is 4.57 Å². The van der Waals surface area contributed by atoms with E-state index in [0.29, 0.717) is 43.0 Å². The second-order valence-corrected chi connectivity index (χ2v) is 10.2. The Morgan fingerprint density at radius 3 is 2.46 bits per heavy atom. The monoisotopic (exact) mass is 615 g/mol. The zero-order valence-electron chi connectivity index (χ0n) is 21.7. The van der Waals surface area contributed by atoms with E-state index in [1.165, 1.54) is 10.6 Å². The van der Waals surface area contributed by atoms with Crippen molar-refractivity contribution in [3.63, 3.8) is 0 Å². The van der Waals surface area contributed by atoms with Crippen LogP contribution in [0.15, 0.2) is 61.9 Å². The first-order valence-electron chi connectivity index (χ1n) is 12.2. The molecule has 0 radical (unpaired) electrons. The number of nitrogens with zero attached hydrogens (tertiary/aromatic N) is 3. The van der Waals surface area contributed by atoms with E-state index < -0.39 is 16.9 Å². The number of carbonyl (C=O) groups is 1. The lowest BCUT2D eigenvalue weighted by atomic mass is 9.96. The Bertz CT molecular complexity index is 1640. The number of carbonyl (C=O) groups excluding carboxylic acids is 1. The minimum atomic E-state index is -0.778. The number of ether oxygens (including phenoxy) is 3. The fraction of sp³-hybridized carbons (Fsp3) is 0.296. The topological polar surface area (TPSA) is 122 Å². The lowest BCUT2D eigenvalue weighted by Gasteiger charge is -2.24. The average Bonchev–Trinajstić information content (AvgIpc) is 3.19. The molecule has 4 rings (SSSR count). The van der Waals surface area contributed by atoms with Gasteiger partial charge in [-0.2, -0.15) is 0 Å². The van der Waals surface area contributed by atoms with Crippen molar-refractivity contribution in [3.8, 4) is 11.5 Å². The lowest BCUT2D eigenvalue weighted by Crippen LogP contribution is -2.39. The number of allylic oxidation sites excluding steroid dienone is 1. The van der Waals surface area contributed by atoms with Crippen molar-refractivity contribution < 1.29 is 23.9 Å². The van der Waals surface area contributed by atoms with Crippen LogP contribution in [0.2, 0.25) is 0 Å². The van der Waals surface area contributed by atoms with Gasteiger partial charge in [-0.15, -0.1) is 0 Å². The molecule has 1 aromatic heterocycles. The molecular formula is C27H26BrN3O7S. The molecule has 0 saturated heterocycles. The van der Waals surface area contributed by atoms with Crippen LogP contribution in [0, 0.1) is 10.1 Å². The van der Waals surface area contributed by atoms with E-state index in [9.17, 15) is 19.7 Å². The summed E-state index contributed by atoms with van der Waals surface area (Å²) >= 11 is 4.48. The van der Waals surface area contributed by atoms with E-state index in [1.54, 1.807) is 57.2 Å². The number of aromatic nitrogens is 1. The van der Waals surface area contributed by atoms with Gasteiger partial charge in [-0.05, 0) is 79.0 Å². The molecule has 1 atom stereocenters. The number of hydrogen-bond donors (Lipinski definition) is 0. The smallest absolute Gasteiger partial charge is 0.338 e. The molecule has 0 unspecified atom stereocenters. The first-order valence-corrected chi connectivity index (χ1v) is 13.8. The van der Waals surface area contributed by atoms with Crippen molar-refractivity contribution in [2.24, 2.45) is 4.99 Å². The van der Waals surface area contributed by atoms with Crippen LogP contribution in [0.1, 0.15) is 44.9 Å². The van der Waals surface area contributed by atoms with Gasteiger partial charge in [-0.3, -0.25) is 19.5 Å². The minimum absolute atomic E-state index is 0.117. The molecule has 1 aliphatic heterocycles. The number of nitro benzene ring substituents is 1. The zero-order chi connectivity index (χ0) is 28.3. The number of rotatable bonds is 9. The van der Waals surface area contributed by atoms with Gasteiger partial charge in [0.15, 0.2) is 4.80 Å². The Hall–Kier alpha value is -3.77. The predicted octanol–water partition coefficient (Wildman–Crippen LogP) is 4.27. The highest BCUT2D eigenvalue weighted by atomic mass is 79.9. The molecule has 0 bridgehead atoms.